The molecule has 0 radical (unpaired) electrons. The van der Waals surface area contributed by atoms with E-state index < -0.39 is 57.2 Å². The Balaban J connectivity index is 2.33. The molecule has 0 bridgehead atoms. The molecule has 4 rings (SSSR count). The van der Waals surface area contributed by atoms with E-state index in [1.54, 1.807) is 0 Å². The maximum atomic E-state index is 14.1. The van der Waals surface area contributed by atoms with Crippen LogP contribution in [0.4, 0.5) is 30.7 Å². The molecule has 0 amide bonds. The van der Waals surface area contributed by atoms with Crippen LogP contribution in [-0.4, -0.2) is 0 Å². The summed E-state index contributed by atoms with van der Waals surface area (Å²) in [6.07, 6.45) is 0. The van der Waals surface area contributed by atoms with Crippen molar-refractivity contribution in [3.8, 4) is 22.3 Å². The Hall–Kier alpha value is -2.57. The third-order valence-corrected chi connectivity index (χ3v) is 3.90. The van der Waals surface area contributed by atoms with Crippen LogP contribution in [0.1, 0.15) is 0 Å². The first-order valence-electron chi connectivity index (χ1n) is 6.30. The zero-order valence-electron chi connectivity index (χ0n) is 10.9. The Kier molecular flexibility index (Phi) is 2.59. The van der Waals surface area contributed by atoms with Gasteiger partial charge in [-0.05, 0) is 29.3 Å². The Bertz CT molecular complexity index is 996. The zero-order valence-corrected chi connectivity index (χ0v) is 10.9. The summed E-state index contributed by atoms with van der Waals surface area (Å²) >= 11 is 0. The number of benzene rings is 3. The lowest BCUT2D eigenvalue weighted by atomic mass is 10.0. The van der Waals surface area contributed by atoms with Crippen LogP contribution in [0.2, 0.25) is 0 Å². The Morgan fingerprint density at radius 2 is 1.04 bits per heavy atom. The average molecular weight is 328 g/mol. The van der Waals surface area contributed by atoms with Crippen molar-refractivity contribution >= 4 is 10.8 Å². The van der Waals surface area contributed by atoms with E-state index in [9.17, 15) is 30.7 Å². The molecule has 0 unspecified atom stereocenters. The second-order valence-corrected chi connectivity index (χ2v) is 5.10. The molecule has 23 heavy (non-hydrogen) atoms. The lowest BCUT2D eigenvalue weighted by molar-refractivity contribution is 0.412. The molecule has 1 aliphatic rings. The lowest BCUT2D eigenvalue weighted by Gasteiger charge is -2.07. The van der Waals surface area contributed by atoms with Crippen LogP contribution in [0.25, 0.3) is 33.0 Å². The lowest BCUT2D eigenvalue weighted by Crippen LogP contribution is -2.00. The van der Waals surface area contributed by atoms with Gasteiger partial charge in [-0.2, -0.15) is 0 Å². The summed E-state index contributed by atoms with van der Waals surface area (Å²) in [6.45, 7) is 0. The standard InChI is InChI=1S/C16H3F7/c17-4-1-5-9-6(3-8(18)12(19)7(9)2-4)11-10(5)13(20)15(22)16(23)14(11)21/h1-3H. The molecule has 7 heteroatoms. The molecule has 3 aromatic rings. The van der Waals surface area contributed by atoms with Crippen LogP contribution in [0, 0.1) is 40.7 Å². The zero-order chi connectivity index (χ0) is 16.6. The minimum atomic E-state index is -2.08. The number of fused-ring (bicyclic) bond motifs is 3. The largest absolute Gasteiger partial charge is 0.207 e. The van der Waals surface area contributed by atoms with Crippen LogP contribution in [0.5, 0.6) is 0 Å². The van der Waals surface area contributed by atoms with E-state index >= 15 is 0 Å². The number of hydrogen-bond donors (Lipinski definition) is 0. The summed E-state index contributed by atoms with van der Waals surface area (Å²) < 4.78 is 96.3. The van der Waals surface area contributed by atoms with E-state index in [0.29, 0.717) is 12.1 Å². The fourth-order valence-corrected chi connectivity index (χ4v) is 2.99. The van der Waals surface area contributed by atoms with E-state index in [-0.39, 0.29) is 16.5 Å². The normalized spacial score (nSPS) is 12.1. The molecule has 0 saturated heterocycles. The first-order valence-corrected chi connectivity index (χ1v) is 6.30. The number of halogens is 7. The van der Waals surface area contributed by atoms with Crippen molar-refractivity contribution in [1.29, 1.82) is 0 Å². The van der Waals surface area contributed by atoms with Gasteiger partial charge >= 0.3 is 0 Å². The highest BCUT2D eigenvalue weighted by Crippen LogP contribution is 2.51. The van der Waals surface area contributed by atoms with Gasteiger partial charge in [0.05, 0.1) is 0 Å². The summed E-state index contributed by atoms with van der Waals surface area (Å²) in [5.41, 5.74) is -2.24. The molecule has 0 aromatic heterocycles. The Labute approximate surface area is 123 Å². The molecule has 0 N–H and O–H groups in total. The highest BCUT2D eigenvalue weighted by molar-refractivity contribution is 6.15. The van der Waals surface area contributed by atoms with Gasteiger partial charge in [0.15, 0.2) is 34.9 Å². The molecule has 0 atom stereocenters. The van der Waals surface area contributed by atoms with Gasteiger partial charge < -0.3 is 0 Å². The fraction of sp³-hybridized carbons (Fsp3) is 0. The molecule has 3 aromatic carbocycles. The summed E-state index contributed by atoms with van der Waals surface area (Å²) in [5.74, 6) is -11.6. The van der Waals surface area contributed by atoms with Crippen molar-refractivity contribution in [1.82, 2.24) is 0 Å². The van der Waals surface area contributed by atoms with Crippen LogP contribution < -0.4 is 0 Å². The second kappa shape index (κ2) is 4.24. The minimum Gasteiger partial charge on any atom is -0.207 e. The third kappa shape index (κ3) is 1.56. The van der Waals surface area contributed by atoms with E-state index in [2.05, 4.69) is 0 Å². The maximum absolute atomic E-state index is 14.1. The second-order valence-electron chi connectivity index (χ2n) is 5.10. The number of rotatable bonds is 0. The topological polar surface area (TPSA) is 0 Å². The van der Waals surface area contributed by atoms with Gasteiger partial charge in [0.2, 0.25) is 0 Å². The van der Waals surface area contributed by atoms with Gasteiger partial charge in [-0.15, -0.1) is 0 Å². The first kappa shape index (κ1) is 14.0. The first-order chi connectivity index (χ1) is 10.8. The van der Waals surface area contributed by atoms with Gasteiger partial charge in [-0.25, -0.2) is 30.7 Å². The molecule has 116 valence electrons. The molecule has 0 saturated carbocycles. The van der Waals surface area contributed by atoms with E-state index in [4.69, 9.17) is 0 Å². The van der Waals surface area contributed by atoms with Gasteiger partial charge in [-0.1, -0.05) is 0 Å². The van der Waals surface area contributed by atoms with E-state index in [1.165, 1.54) is 0 Å². The van der Waals surface area contributed by atoms with Crippen molar-refractivity contribution in [2.75, 3.05) is 0 Å². The van der Waals surface area contributed by atoms with Crippen molar-refractivity contribution in [3.05, 3.63) is 58.9 Å². The van der Waals surface area contributed by atoms with Crippen molar-refractivity contribution < 1.29 is 30.7 Å². The monoisotopic (exact) mass is 328 g/mol. The van der Waals surface area contributed by atoms with Crippen molar-refractivity contribution in [2.24, 2.45) is 0 Å². The molecule has 0 nitrogen and oxygen atoms in total. The fourth-order valence-electron chi connectivity index (χ4n) is 2.99. The van der Waals surface area contributed by atoms with Crippen molar-refractivity contribution in [2.45, 2.75) is 0 Å². The summed E-state index contributed by atoms with van der Waals surface area (Å²) in [6, 6.07) is 1.93. The Morgan fingerprint density at radius 3 is 1.61 bits per heavy atom. The van der Waals surface area contributed by atoms with Crippen LogP contribution in [-0.2, 0) is 0 Å². The summed E-state index contributed by atoms with van der Waals surface area (Å²) in [4.78, 5) is 0. The van der Waals surface area contributed by atoms with Gasteiger partial charge in [0.1, 0.15) is 5.82 Å². The molecule has 1 aliphatic carbocycles. The molecular formula is C16H3F7. The van der Waals surface area contributed by atoms with Crippen LogP contribution in [0.3, 0.4) is 0 Å². The highest BCUT2D eigenvalue weighted by Gasteiger charge is 2.35. The molecule has 0 fully saturated rings. The van der Waals surface area contributed by atoms with Crippen LogP contribution in [0.15, 0.2) is 18.2 Å². The number of hydrogen-bond acceptors (Lipinski definition) is 0. The molecule has 0 spiro atoms. The Morgan fingerprint density at radius 1 is 0.522 bits per heavy atom. The predicted octanol–water partition coefficient (Wildman–Crippen LogP) is 5.46. The smallest absolute Gasteiger partial charge is 0.198 e. The highest BCUT2D eigenvalue weighted by atomic mass is 19.2. The summed E-state index contributed by atoms with van der Waals surface area (Å²) in [5, 5.41) is -0.770. The van der Waals surface area contributed by atoms with E-state index in [0.717, 1.165) is 6.07 Å². The molecular weight excluding hydrogens is 325 g/mol. The van der Waals surface area contributed by atoms with Crippen molar-refractivity contribution in [3.63, 3.8) is 0 Å². The quantitative estimate of drug-likeness (QED) is 0.228. The van der Waals surface area contributed by atoms with Gasteiger partial charge in [-0.3, -0.25) is 0 Å². The SMILES string of the molecule is Fc1cc2c3c(cc(F)c(F)c3c1)-c1c(F)c(F)c(F)c(F)c1-2. The maximum Gasteiger partial charge on any atom is 0.198 e. The molecule has 0 heterocycles. The third-order valence-electron chi connectivity index (χ3n) is 3.90. The van der Waals surface area contributed by atoms with Gasteiger partial charge in [0.25, 0.3) is 0 Å². The molecule has 0 aliphatic heterocycles. The predicted molar refractivity (Wildman–Crippen MR) is 68.1 cm³/mol. The van der Waals surface area contributed by atoms with E-state index in [1.807, 2.05) is 0 Å². The summed E-state index contributed by atoms with van der Waals surface area (Å²) in [7, 11) is 0. The average Bonchev–Trinajstić information content (AvgIpc) is 2.82. The minimum absolute atomic E-state index is 0.205. The van der Waals surface area contributed by atoms with Gasteiger partial charge in [0, 0.05) is 21.9 Å². The van der Waals surface area contributed by atoms with Crippen LogP contribution >= 0.6 is 0 Å².